The van der Waals surface area contributed by atoms with Gasteiger partial charge in [0.2, 0.25) is 0 Å². The van der Waals surface area contributed by atoms with Gasteiger partial charge in [-0.25, -0.2) is 4.79 Å². The number of carboxylic acid groups (broad SMARTS) is 1. The Morgan fingerprint density at radius 3 is 1.30 bits per heavy atom. The Kier molecular flexibility index (Phi) is 19.2. The molecule has 0 aromatic carbocycles. The summed E-state index contributed by atoms with van der Waals surface area (Å²) in [4.78, 5) is 10.5. The van der Waals surface area contributed by atoms with E-state index < -0.39 is 11.8 Å². The van der Waals surface area contributed by atoms with Gasteiger partial charge in [-0.1, -0.05) is 90.4 Å². The predicted molar refractivity (Wildman–Crippen MR) is 95.5 cm³/mol. The summed E-state index contributed by atoms with van der Waals surface area (Å²) >= 11 is 0. The summed E-state index contributed by atoms with van der Waals surface area (Å²) in [5, 5.41) is 26.8. The number of rotatable bonds is 16. The van der Waals surface area contributed by atoms with Crippen LogP contribution >= 0.6 is 0 Å². The molecule has 0 spiro atoms. The van der Waals surface area contributed by atoms with Crippen molar-refractivity contribution in [1.29, 1.82) is 0 Å². The van der Waals surface area contributed by atoms with Crippen molar-refractivity contribution in [3.63, 3.8) is 0 Å². The monoisotopic (exact) mass is 339 g/mol. The van der Waals surface area contributed by atoms with Crippen LogP contribution in [0.2, 0.25) is 0 Å². The fourth-order valence-electron chi connectivity index (χ4n) is 2.67. The van der Waals surface area contributed by atoms with Gasteiger partial charge >= 0.3 is 5.97 Å². The molecule has 0 fully saturated rings. The minimum absolute atomic E-state index is 0. The van der Waals surface area contributed by atoms with E-state index in [0.29, 0.717) is 6.42 Å². The van der Waals surface area contributed by atoms with E-state index in [1.54, 1.807) is 0 Å². The van der Waals surface area contributed by atoms with Gasteiger partial charge in [0, 0.05) is 36.0 Å². The molecule has 0 rings (SSSR count). The SMILES string of the molecule is CCCCCCCCCCCCCCCCC(O)(O)C(=O)O.[Na]. The molecule has 0 aliphatic carbocycles. The second-order valence-electron chi connectivity index (χ2n) is 6.47. The molecule has 1 radical (unpaired) electrons. The molecule has 0 aliphatic rings. The molecule has 0 atom stereocenters. The number of hydrogen-bond acceptors (Lipinski definition) is 3. The summed E-state index contributed by atoms with van der Waals surface area (Å²) in [5.74, 6) is -4.10. The molecule has 3 N–H and O–H groups in total. The first-order valence-corrected chi connectivity index (χ1v) is 9.19. The molecule has 0 saturated carbocycles. The molecular weight excluding hydrogens is 303 g/mol. The number of aliphatic carboxylic acids is 1. The molecule has 23 heavy (non-hydrogen) atoms. The third-order valence-corrected chi connectivity index (χ3v) is 4.22. The van der Waals surface area contributed by atoms with Crippen LogP contribution in [-0.4, -0.2) is 56.6 Å². The summed E-state index contributed by atoms with van der Waals surface area (Å²) in [5.41, 5.74) is 0. The van der Waals surface area contributed by atoms with E-state index in [4.69, 9.17) is 15.3 Å². The van der Waals surface area contributed by atoms with Crippen molar-refractivity contribution >= 4 is 35.5 Å². The Hall–Kier alpha value is 0.390. The van der Waals surface area contributed by atoms with Crippen LogP contribution in [0.4, 0.5) is 0 Å². The van der Waals surface area contributed by atoms with E-state index in [2.05, 4.69) is 6.92 Å². The third kappa shape index (κ3) is 17.0. The zero-order valence-corrected chi connectivity index (χ0v) is 17.4. The van der Waals surface area contributed by atoms with E-state index in [1.165, 1.54) is 64.2 Å². The summed E-state index contributed by atoms with van der Waals surface area (Å²) in [6.45, 7) is 2.25. The first-order chi connectivity index (χ1) is 10.5. The fourth-order valence-corrected chi connectivity index (χ4v) is 2.67. The zero-order chi connectivity index (χ0) is 16.7. The topological polar surface area (TPSA) is 77.8 Å². The average Bonchev–Trinajstić information content (AvgIpc) is 2.47. The molecule has 0 aliphatic heterocycles. The summed E-state index contributed by atoms with van der Waals surface area (Å²) in [6, 6.07) is 0. The van der Waals surface area contributed by atoms with E-state index in [0.717, 1.165) is 19.3 Å². The maximum Gasteiger partial charge on any atom is 0.364 e. The van der Waals surface area contributed by atoms with Gasteiger partial charge in [-0.2, -0.15) is 0 Å². The van der Waals surface area contributed by atoms with Crippen molar-refractivity contribution in [3.05, 3.63) is 0 Å². The van der Waals surface area contributed by atoms with Crippen LogP contribution in [0, 0.1) is 0 Å². The van der Waals surface area contributed by atoms with Gasteiger partial charge in [-0.3, -0.25) is 0 Å². The number of carbonyl (C=O) groups is 1. The second-order valence-corrected chi connectivity index (χ2v) is 6.47. The normalized spacial score (nSPS) is 11.3. The Bertz CT molecular complexity index is 270. The van der Waals surface area contributed by atoms with Gasteiger partial charge in [0.1, 0.15) is 0 Å². The number of aliphatic hydroxyl groups is 2. The molecule has 133 valence electrons. The molecule has 0 amide bonds. The standard InChI is InChI=1S/C18H36O4.Na/c1-2-3-4-5-6-7-8-9-10-11-12-13-14-15-16-18(21,22)17(19)20;/h21-22H,2-16H2,1H3,(H,19,20);. The van der Waals surface area contributed by atoms with Crippen LogP contribution in [0.3, 0.4) is 0 Å². The Morgan fingerprint density at radius 1 is 0.696 bits per heavy atom. The summed E-state index contributed by atoms with van der Waals surface area (Å²) in [6.07, 6.45) is 17.0. The second kappa shape index (κ2) is 17.2. The molecule has 4 nitrogen and oxygen atoms in total. The van der Waals surface area contributed by atoms with E-state index in [1.807, 2.05) is 0 Å². The summed E-state index contributed by atoms with van der Waals surface area (Å²) < 4.78 is 0. The number of unbranched alkanes of at least 4 members (excludes halogenated alkanes) is 13. The molecular formula is C18H36NaO4. The van der Waals surface area contributed by atoms with E-state index in [-0.39, 0.29) is 36.0 Å². The maximum atomic E-state index is 10.5. The quantitative estimate of drug-likeness (QED) is 0.223. The molecule has 0 unspecified atom stereocenters. The largest absolute Gasteiger partial charge is 0.477 e. The summed E-state index contributed by atoms with van der Waals surface area (Å²) in [7, 11) is 0. The molecule has 0 aromatic heterocycles. The first-order valence-electron chi connectivity index (χ1n) is 9.19. The van der Waals surface area contributed by atoms with Crippen molar-refractivity contribution in [3.8, 4) is 0 Å². The van der Waals surface area contributed by atoms with E-state index >= 15 is 0 Å². The molecule has 0 aromatic rings. The van der Waals surface area contributed by atoms with Crippen molar-refractivity contribution in [2.24, 2.45) is 0 Å². The van der Waals surface area contributed by atoms with Gasteiger partial charge in [0.05, 0.1) is 0 Å². The molecule has 0 heterocycles. The Labute approximate surface area is 164 Å². The smallest absolute Gasteiger partial charge is 0.364 e. The van der Waals surface area contributed by atoms with Crippen LogP contribution in [0.15, 0.2) is 0 Å². The minimum atomic E-state index is -2.54. The van der Waals surface area contributed by atoms with E-state index in [9.17, 15) is 4.79 Å². The zero-order valence-electron chi connectivity index (χ0n) is 15.4. The van der Waals surface area contributed by atoms with Crippen molar-refractivity contribution < 1.29 is 20.1 Å². The van der Waals surface area contributed by atoms with Crippen LogP contribution < -0.4 is 0 Å². The average molecular weight is 339 g/mol. The predicted octanol–water partition coefficient (Wildman–Crippen LogP) is 4.24. The Morgan fingerprint density at radius 2 is 1.00 bits per heavy atom. The number of carboxylic acids is 1. The van der Waals surface area contributed by atoms with Crippen LogP contribution in [0.1, 0.15) is 103 Å². The molecule has 0 saturated heterocycles. The number of hydrogen-bond donors (Lipinski definition) is 3. The molecule has 0 bridgehead atoms. The van der Waals surface area contributed by atoms with Crippen molar-refractivity contribution in [1.82, 2.24) is 0 Å². The van der Waals surface area contributed by atoms with Crippen LogP contribution in [-0.2, 0) is 4.79 Å². The first kappa shape index (κ1) is 25.6. The maximum absolute atomic E-state index is 10.5. The van der Waals surface area contributed by atoms with Crippen LogP contribution in [0.5, 0.6) is 0 Å². The van der Waals surface area contributed by atoms with Gasteiger partial charge in [0.15, 0.2) is 0 Å². The van der Waals surface area contributed by atoms with Crippen molar-refractivity contribution in [2.75, 3.05) is 0 Å². The van der Waals surface area contributed by atoms with Crippen LogP contribution in [0.25, 0.3) is 0 Å². The minimum Gasteiger partial charge on any atom is -0.477 e. The van der Waals surface area contributed by atoms with Gasteiger partial charge in [-0.05, 0) is 6.42 Å². The van der Waals surface area contributed by atoms with Gasteiger partial charge < -0.3 is 15.3 Å². The Balaban J connectivity index is 0. The van der Waals surface area contributed by atoms with Gasteiger partial charge in [-0.15, -0.1) is 0 Å². The molecule has 5 heteroatoms. The third-order valence-electron chi connectivity index (χ3n) is 4.22. The fraction of sp³-hybridized carbons (Fsp3) is 0.944. The van der Waals surface area contributed by atoms with Crippen molar-refractivity contribution in [2.45, 2.75) is 109 Å². The van der Waals surface area contributed by atoms with Gasteiger partial charge in [0.25, 0.3) is 5.79 Å².